The van der Waals surface area contributed by atoms with Crippen LogP contribution in [0.1, 0.15) is 51.5 Å². The lowest BCUT2D eigenvalue weighted by Gasteiger charge is -2.35. The van der Waals surface area contributed by atoms with E-state index in [-0.39, 0.29) is 17.9 Å². The van der Waals surface area contributed by atoms with Crippen LogP contribution in [0.25, 0.3) is 0 Å². The smallest absolute Gasteiger partial charge is 0.242 e. The van der Waals surface area contributed by atoms with Gasteiger partial charge in [-0.1, -0.05) is 44.2 Å². The number of nitrogens with one attached hydrogen (secondary N) is 1. The van der Waals surface area contributed by atoms with Crippen molar-refractivity contribution in [2.75, 3.05) is 32.7 Å². The molecule has 5 heteroatoms. The Morgan fingerprint density at radius 2 is 1.79 bits per heavy atom. The van der Waals surface area contributed by atoms with Crippen LogP contribution in [0.4, 0.5) is 0 Å². The second kappa shape index (κ2) is 10.8. The molecule has 1 N–H and O–H groups in total. The molecule has 0 aliphatic carbocycles. The Hall–Kier alpha value is -1.88. The van der Waals surface area contributed by atoms with E-state index < -0.39 is 0 Å². The van der Waals surface area contributed by atoms with Gasteiger partial charge in [-0.15, -0.1) is 0 Å². The molecular formula is C24H37N3O2. The van der Waals surface area contributed by atoms with Crippen molar-refractivity contribution < 1.29 is 9.59 Å². The summed E-state index contributed by atoms with van der Waals surface area (Å²) >= 11 is 0. The van der Waals surface area contributed by atoms with Crippen molar-refractivity contribution in [2.24, 2.45) is 11.8 Å². The Morgan fingerprint density at radius 1 is 1.07 bits per heavy atom. The molecular weight excluding hydrogens is 362 g/mol. The maximum atomic E-state index is 12.7. The number of hydrogen-bond donors (Lipinski definition) is 1. The molecule has 0 bridgehead atoms. The lowest BCUT2D eigenvalue weighted by atomic mass is 9.92. The van der Waals surface area contributed by atoms with E-state index >= 15 is 0 Å². The van der Waals surface area contributed by atoms with Crippen LogP contribution >= 0.6 is 0 Å². The van der Waals surface area contributed by atoms with Crippen molar-refractivity contribution in [3.63, 3.8) is 0 Å². The molecule has 1 aromatic carbocycles. The molecule has 3 rings (SSSR count). The van der Waals surface area contributed by atoms with Crippen LogP contribution in [0.2, 0.25) is 0 Å². The van der Waals surface area contributed by atoms with Gasteiger partial charge >= 0.3 is 0 Å². The number of piperidine rings is 1. The minimum absolute atomic E-state index is 0.0177. The number of unbranched alkanes of at least 4 members (excludes halogenated alkanes) is 1. The second-order valence-corrected chi connectivity index (χ2v) is 9.11. The fourth-order valence-electron chi connectivity index (χ4n) is 4.97. The maximum Gasteiger partial charge on any atom is 0.242 e. The molecule has 160 valence electrons. The SMILES string of the molecule is CC1CC(C)CN(CCCCNC(=O)C2CCCN2C(=O)Cc2ccccc2)C1. The van der Waals surface area contributed by atoms with Crippen molar-refractivity contribution in [3.8, 4) is 0 Å². The summed E-state index contributed by atoms with van der Waals surface area (Å²) in [6.45, 7) is 9.61. The number of rotatable bonds is 8. The molecule has 2 amide bonds. The van der Waals surface area contributed by atoms with Gasteiger partial charge in [-0.25, -0.2) is 0 Å². The maximum absolute atomic E-state index is 12.7. The molecule has 1 aromatic rings. The third kappa shape index (κ3) is 6.56. The van der Waals surface area contributed by atoms with Crippen LogP contribution in [-0.4, -0.2) is 60.4 Å². The molecule has 2 saturated heterocycles. The Labute approximate surface area is 175 Å². The molecule has 0 saturated carbocycles. The van der Waals surface area contributed by atoms with Crippen molar-refractivity contribution >= 4 is 11.8 Å². The number of amides is 2. The summed E-state index contributed by atoms with van der Waals surface area (Å²) < 4.78 is 0. The Kier molecular flexibility index (Phi) is 8.10. The zero-order valence-corrected chi connectivity index (χ0v) is 18.1. The van der Waals surface area contributed by atoms with Gasteiger partial charge in [0, 0.05) is 26.2 Å². The summed E-state index contributed by atoms with van der Waals surface area (Å²) in [7, 11) is 0. The Balaban J connectivity index is 1.36. The molecule has 5 nitrogen and oxygen atoms in total. The summed E-state index contributed by atoms with van der Waals surface area (Å²) in [5.74, 6) is 1.66. The molecule has 3 unspecified atom stereocenters. The summed E-state index contributed by atoms with van der Waals surface area (Å²) in [5, 5.41) is 3.08. The van der Waals surface area contributed by atoms with Gasteiger partial charge in [0.1, 0.15) is 6.04 Å². The monoisotopic (exact) mass is 399 g/mol. The van der Waals surface area contributed by atoms with Crippen molar-refractivity contribution in [1.29, 1.82) is 0 Å². The first kappa shape index (κ1) is 21.8. The van der Waals surface area contributed by atoms with Gasteiger partial charge in [0.25, 0.3) is 0 Å². The standard InChI is InChI=1S/C24H37N3O2/c1-19-15-20(2)18-26(17-19)13-7-6-12-25-24(29)22-11-8-14-27(22)23(28)16-21-9-4-3-5-10-21/h3-5,9-10,19-20,22H,6-8,11-18H2,1-2H3,(H,25,29). The fraction of sp³-hybridized carbons (Fsp3) is 0.667. The highest BCUT2D eigenvalue weighted by Gasteiger charge is 2.33. The van der Waals surface area contributed by atoms with Gasteiger partial charge < -0.3 is 15.1 Å². The highest BCUT2D eigenvalue weighted by atomic mass is 16.2. The van der Waals surface area contributed by atoms with Crippen molar-refractivity contribution in [2.45, 2.75) is 58.4 Å². The fourth-order valence-corrected chi connectivity index (χ4v) is 4.97. The van der Waals surface area contributed by atoms with E-state index in [1.165, 1.54) is 19.5 Å². The highest BCUT2D eigenvalue weighted by Crippen LogP contribution is 2.21. The average Bonchev–Trinajstić information content (AvgIpc) is 3.18. The van der Waals surface area contributed by atoms with Crippen molar-refractivity contribution in [1.82, 2.24) is 15.1 Å². The zero-order chi connectivity index (χ0) is 20.6. The third-order valence-electron chi connectivity index (χ3n) is 6.22. The quantitative estimate of drug-likeness (QED) is 0.684. The first-order valence-corrected chi connectivity index (χ1v) is 11.4. The number of carbonyl (C=O) groups excluding carboxylic acids is 2. The average molecular weight is 400 g/mol. The molecule has 2 fully saturated rings. The number of likely N-dealkylation sites (tertiary alicyclic amines) is 2. The summed E-state index contributed by atoms with van der Waals surface area (Å²) in [5.41, 5.74) is 1.00. The van der Waals surface area contributed by atoms with E-state index in [1.54, 1.807) is 4.90 Å². The van der Waals surface area contributed by atoms with Gasteiger partial charge in [-0.2, -0.15) is 0 Å². The lowest BCUT2D eigenvalue weighted by Crippen LogP contribution is -2.46. The van der Waals surface area contributed by atoms with Gasteiger partial charge in [0.15, 0.2) is 0 Å². The van der Waals surface area contributed by atoms with E-state index in [4.69, 9.17) is 0 Å². The predicted octanol–water partition coefficient (Wildman–Crippen LogP) is 3.09. The predicted molar refractivity (Wildman–Crippen MR) is 117 cm³/mol. The van der Waals surface area contributed by atoms with Crippen LogP contribution < -0.4 is 5.32 Å². The van der Waals surface area contributed by atoms with Crippen LogP contribution in [-0.2, 0) is 16.0 Å². The van der Waals surface area contributed by atoms with Crippen LogP contribution in [0, 0.1) is 11.8 Å². The van der Waals surface area contributed by atoms with E-state index in [1.807, 2.05) is 30.3 Å². The number of hydrogen-bond acceptors (Lipinski definition) is 3. The topological polar surface area (TPSA) is 52.7 Å². The molecule has 2 aliphatic rings. The van der Waals surface area contributed by atoms with E-state index in [9.17, 15) is 9.59 Å². The highest BCUT2D eigenvalue weighted by molar-refractivity contribution is 5.89. The van der Waals surface area contributed by atoms with E-state index in [0.29, 0.717) is 19.5 Å². The number of nitrogens with zero attached hydrogens (tertiary/aromatic N) is 2. The first-order valence-electron chi connectivity index (χ1n) is 11.4. The minimum atomic E-state index is -0.296. The molecule has 0 radical (unpaired) electrons. The van der Waals surface area contributed by atoms with E-state index in [0.717, 1.165) is 49.6 Å². The number of benzene rings is 1. The number of carbonyl (C=O) groups is 2. The van der Waals surface area contributed by atoms with Gasteiger partial charge in [0.2, 0.25) is 11.8 Å². The minimum Gasteiger partial charge on any atom is -0.354 e. The molecule has 3 atom stereocenters. The summed E-state index contributed by atoms with van der Waals surface area (Å²) in [6.07, 6.45) is 5.50. The largest absolute Gasteiger partial charge is 0.354 e. The van der Waals surface area contributed by atoms with Gasteiger partial charge in [0.05, 0.1) is 6.42 Å². The zero-order valence-electron chi connectivity index (χ0n) is 18.1. The normalized spacial score (nSPS) is 25.2. The van der Waals surface area contributed by atoms with Gasteiger partial charge in [-0.05, 0) is 56.0 Å². The Morgan fingerprint density at radius 3 is 2.52 bits per heavy atom. The molecule has 2 aliphatic heterocycles. The van der Waals surface area contributed by atoms with Crippen LogP contribution in [0.3, 0.4) is 0 Å². The summed E-state index contributed by atoms with van der Waals surface area (Å²) in [4.78, 5) is 29.7. The summed E-state index contributed by atoms with van der Waals surface area (Å²) in [6, 6.07) is 9.48. The lowest BCUT2D eigenvalue weighted by molar-refractivity contribution is -0.137. The second-order valence-electron chi connectivity index (χ2n) is 9.11. The Bertz CT molecular complexity index is 653. The first-order chi connectivity index (χ1) is 14.0. The molecule has 2 heterocycles. The van der Waals surface area contributed by atoms with E-state index in [2.05, 4.69) is 24.1 Å². The molecule has 29 heavy (non-hydrogen) atoms. The van der Waals surface area contributed by atoms with Crippen LogP contribution in [0.15, 0.2) is 30.3 Å². The van der Waals surface area contributed by atoms with Gasteiger partial charge in [-0.3, -0.25) is 9.59 Å². The molecule has 0 spiro atoms. The van der Waals surface area contributed by atoms with Crippen molar-refractivity contribution in [3.05, 3.63) is 35.9 Å². The van der Waals surface area contributed by atoms with Crippen LogP contribution in [0.5, 0.6) is 0 Å². The third-order valence-corrected chi connectivity index (χ3v) is 6.22. The molecule has 0 aromatic heterocycles.